The van der Waals surface area contributed by atoms with Gasteiger partial charge in [0, 0.05) is 11.6 Å². The van der Waals surface area contributed by atoms with Crippen molar-refractivity contribution in [2.45, 2.75) is 18.6 Å². The van der Waals surface area contributed by atoms with Crippen molar-refractivity contribution in [3.05, 3.63) is 28.8 Å². The Balaban J connectivity index is 2.48. The maximum Gasteiger partial charge on any atom is 0.143 e. The van der Waals surface area contributed by atoms with Crippen LogP contribution in [0, 0.1) is 0 Å². The van der Waals surface area contributed by atoms with Gasteiger partial charge < -0.3 is 15.6 Å². The molecule has 0 aliphatic carbocycles. The molecule has 1 aliphatic rings. The average Bonchev–Trinajstić information content (AvgIpc) is 2.31. The second-order valence-electron chi connectivity index (χ2n) is 3.40. The molecule has 0 amide bonds. The van der Waals surface area contributed by atoms with Crippen LogP contribution in [-0.2, 0) is 0 Å². The van der Waals surface area contributed by atoms with E-state index in [9.17, 15) is 5.11 Å². The number of fused-ring (bicyclic) bond motifs is 1. The van der Waals surface area contributed by atoms with Gasteiger partial charge in [-0.25, -0.2) is 0 Å². The maximum atomic E-state index is 9.87. The summed E-state index contributed by atoms with van der Waals surface area (Å²) in [5.41, 5.74) is 6.45. The van der Waals surface area contributed by atoms with Crippen molar-refractivity contribution in [3.8, 4) is 5.75 Å². The van der Waals surface area contributed by atoms with Crippen LogP contribution >= 0.6 is 11.6 Å². The highest BCUT2D eigenvalue weighted by Crippen LogP contribution is 2.36. The van der Waals surface area contributed by atoms with Gasteiger partial charge in [-0.2, -0.15) is 0 Å². The number of benzene rings is 1. The summed E-state index contributed by atoms with van der Waals surface area (Å²) in [6, 6.07) is 5.03. The minimum Gasteiger partial charge on any atom is -0.492 e. The number of para-hydroxylation sites is 1. The van der Waals surface area contributed by atoms with Crippen LogP contribution in [0.2, 0.25) is 5.02 Å². The van der Waals surface area contributed by atoms with Crippen LogP contribution in [0.25, 0.3) is 0 Å². The lowest BCUT2D eigenvalue weighted by atomic mass is 10.0. The molecule has 1 aliphatic heterocycles. The third kappa shape index (κ3) is 1.59. The van der Waals surface area contributed by atoms with E-state index in [4.69, 9.17) is 22.1 Å². The topological polar surface area (TPSA) is 55.5 Å². The van der Waals surface area contributed by atoms with Crippen molar-refractivity contribution in [1.29, 1.82) is 0 Å². The van der Waals surface area contributed by atoms with Crippen LogP contribution in [0.1, 0.15) is 18.1 Å². The third-order valence-electron chi connectivity index (χ3n) is 2.42. The SMILES string of the molecule is NC1CCOc2c(Cl)cccc2C1O. The molecule has 4 heteroatoms. The predicted octanol–water partition coefficient (Wildman–Crippen LogP) is 1.48. The molecule has 2 rings (SSSR count). The van der Waals surface area contributed by atoms with Crippen LogP contribution in [0.4, 0.5) is 0 Å². The number of halogens is 1. The summed E-state index contributed by atoms with van der Waals surface area (Å²) in [6.07, 6.45) is -0.0576. The fourth-order valence-electron chi connectivity index (χ4n) is 1.60. The Kier molecular flexibility index (Phi) is 2.63. The third-order valence-corrected chi connectivity index (χ3v) is 2.72. The minimum absolute atomic E-state index is 0.283. The largest absolute Gasteiger partial charge is 0.492 e. The van der Waals surface area contributed by atoms with E-state index in [0.717, 1.165) is 0 Å². The molecule has 0 fully saturated rings. The van der Waals surface area contributed by atoms with Gasteiger partial charge in [-0.3, -0.25) is 0 Å². The summed E-state index contributed by atoms with van der Waals surface area (Å²) in [5.74, 6) is 0.564. The zero-order valence-electron chi connectivity index (χ0n) is 7.61. The molecule has 0 saturated heterocycles. The number of nitrogens with two attached hydrogens (primary N) is 1. The Labute approximate surface area is 87.4 Å². The fourth-order valence-corrected chi connectivity index (χ4v) is 1.83. The molecular formula is C10H12ClNO2. The van der Waals surface area contributed by atoms with Crippen LogP contribution in [0.3, 0.4) is 0 Å². The first-order valence-corrected chi connectivity index (χ1v) is 4.93. The van der Waals surface area contributed by atoms with E-state index in [1.807, 2.05) is 0 Å². The van der Waals surface area contributed by atoms with E-state index < -0.39 is 6.10 Å². The summed E-state index contributed by atoms with van der Waals surface area (Å²) in [4.78, 5) is 0. The number of rotatable bonds is 0. The smallest absolute Gasteiger partial charge is 0.143 e. The second-order valence-corrected chi connectivity index (χ2v) is 3.81. The Morgan fingerprint density at radius 1 is 1.50 bits per heavy atom. The zero-order chi connectivity index (χ0) is 10.1. The summed E-state index contributed by atoms with van der Waals surface area (Å²) in [5, 5.41) is 10.4. The molecule has 2 unspecified atom stereocenters. The first-order chi connectivity index (χ1) is 6.70. The number of aliphatic hydroxyl groups is 1. The highest BCUT2D eigenvalue weighted by Gasteiger charge is 2.25. The summed E-state index contributed by atoms with van der Waals surface area (Å²) < 4.78 is 5.45. The van der Waals surface area contributed by atoms with Gasteiger partial charge in [0.15, 0.2) is 0 Å². The Bertz CT molecular complexity index is 343. The first-order valence-electron chi connectivity index (χ1n) is 4.55. The van der Waals surface area contributed by atoms with Crippen molar-refractivity contribution in [3.63, 3.8) is 0 Å². The van der Waals surface area contributed by atoms with Gasteiger partial charge in [-0.05, 0) is 12.5 Å². The van der Waals surface area contributed by atoms with Crippen LogP contribution in [-0.4, -0.2) is 17.8 Å². The Morgan fingerprint density at radius 3 is 3.07 bits per heavy atom. The number of ether oxygens (including phenoxy) is 1. The maximum absolute atomic E-state index is 9.87. The fraction of sp³-hybridized carbons (Fsp3) is 0.400. The van der Waals surface area contributed by atoms with E-state index in [2.05, 4.69) is 0 Å². The molecule has 1 aromatic carbocycles. The van der Waals surface area contributed by atoms with Crippen molar-refractivity contribution < 1.29 is 9.84 Å². The molecular weight excluding hydrogens is 202 g/mol. The average molecular weight is 214 g/mol. The Morgan fingerprint density at radius 2 is 2.29 bits per heavy atom. The van der Waals surface area contributed by atoms with E-state index in [-0.39, 0.29) is 6.04 Å². The van der Waals surface area contributed by atoms with Crippen molar-refractivity contribution in [1.82, 2.24) is 0 Å². The molecule has 0 saturated carbocycles. The molecule has 2 atom stereocenters. The lowest BCUT2D eigenvalue weighted by Gasteiger charge is -2.15. The molecule has 3 nitrogen and oxygen atoms in total. The van der Waals surface area contributed by atoms with Gasteiger partial charge in [-0.15, -0.1) is 0 Å². The van der Waals surface area contributed by atoms with Crippen molar-refractivity contribution in [2.24, 2.45) is 5.73 Å². The summed E-state index contributed by atoms with van der Waals surface area (Å²) in [7, 11) is 0. The molecule has 0 spiro atoms. The number of hydrogen-bond acceptors (Lipinski definition) is 3. The second kappa shape index (κ2) is 3.77. The molecule has 0 bridgehead atoms. The monoisotopic (exact) mass is 213 g/mol. The molecule has 0 aromatic heterocycles. The normalized spacial score (nSPS) is 26.2. The van der Waals surface area contributed by atoms with Gasteiger partial charge in [0.2, 0.25) is 0 Å². The predicted molar refractivity (Wildman–Crippen MR) is 54.5 cm³/mol. The standard InChI is InChI=1S/C10H12ClNO2/c11-7-3-1-2-6-9(13)8(12)4-5-14-10(6)7/h1-3,8-9,13H,4-5,12H2. The van der Waals surface area contributed by atoms with Crippen LogP contribution in [0.15, 0.2) is 18.2 Å². The molecule has 1 aromatic rings. The zero-order valence-corrected chi connectivity index (χ0v) is 8.37. The van der Waals surface area contributed by atoms with E-state index >= 15 is 0 Å². The Hall–Kier alpha value is -0.770. The van der Waals surface area contributed by atoms with Gasteiger partial charge in [0.25, 0.3) is 0 Å². The lowest BCUT2D eigenvalue weighted by molar-refractivity contribution is 0.145. The van der Waals surface area contributed by atoms with Crippen LogP contribution in [0.5, 0.6) is 5.75 Å². The first kappa shape index (κ1) is 9.77. The number of hydrogen-bond donors (Lipinski definition) is 2. The van der Waals surface area contributed by atoms with E-state index in [1.54, 1.807) is 18.2 Å². The lowest BCUT2D eigenvalue weighted by Crippen LogP contribution is -2.28. The van der Waals surface area contributed by atoms with Crippen molar-refractivity contribution >= 4 is 11.6 Å². The van der Waals surface area contributed by atoms with Gasteiger partial charge in [0.05, 0.1) is 17.7 Å². The van der Waals surface area contributed by atoms with E-state index in [1.165, 1.54) is 0 Å². The quantitative estimate of drug-likeness (QED) is 0.687. The number of aliphatic hydroxyl groups excluding tert-OH is 1. The molecule has 3 N–H and O–H groups in total. The van der Waals surface area contributed by atoms with Crippen LogP contribution < -0.4 is 10.5 Å². The molecule has 14 heavy (non-hydrogen) atoms. The molecule has 0 radical (unpaired) electrons. The van der Waals surface area contributed by atoms with E-state index in [0.29, 0.717) is 29.4 Å². The highest BCUT2D eigenvalue weighted by molar-refractivity contribution is 6.32. The summed E-state index contributed by atoms with van der Waals surface area (Å²) >= 11 is 5.95. The minimum atomic E-state index is -0.689. The summed E-state index contributed by atoms with van der Waals surface area (Å²) in [6.45, 7) is 0.495. The highest BCUT2D eigenvalue weighted by atomic mass is 35.5. The molecule has 76 valence electrons. The van der Waals surface area contributed by atoms with Gasteiger partial charge in [-0.1, -0.05) is 23.7 Å². The van der Waals surface area contributed by atoms with Crippen molar-refractivity contribution in [2.75, 3.05) is 6.61 Å². The molecule has 1 heterocycles. The van der Waals surface area contributed by atoms with Gasteiger partial charge >= 0.3 is 0 Å². The van der Waals surface area contributed by atoms with Gasteiger partial charge in [0.1, 0.15) is 5.75 Å².